The van der Waals surface area contributed by atoms with Crippen molar-refractivity contribution < 1.29 is 130 Å². The molecular weight excluding hydrogens is 2000 g/mol. The molecule has 0 bridgehead atoms. The van der Waals surface area contributed by atoms with Gasteiger partial charge in [0.25, 0.3) is 0 Å². The van der Waals surface area contributed by atoms with E-state index in [-0.39, 0.29) is 115 Å². The summed E-state index contributed by atoms with van der Waals surface area (Å²) >= 11 is 18.8. The summed E-state index contributed by atoms with van der Waals surface area (Å²) in [6.07, 6.45) is 26.7. The van der Waals surface area contributed by atoms with Gasteiger partial charge in [-0.25, -0.2) is 0 Å². The second-order valence-corrected chi connectivity index (χ2v) is 34.5. The van der Waals surface area contributed by atoms with Crippen molar-refractivity contribution in [2.75, 3.05) is 139 Å². The van der Waals surface area contributed by atoms with Crippen LogP contribution in [0.3, 0.4) is 0 Å². The minimum absolute atomic E-state index is 0. The molecule has 12 atom stereocenters. The molecule has 738 valence electrons. The number of methoxy groups -OCH3 is 7. The van der Waals surface area contributed by atoms with E-state index >= 15 is 0 Å². The van der Waals surface area contributed by atoms with Gasteiger partial charge in [-0.15, -0.1) is 71.0 Å². The molecule has 4 saturated carbocycles. The van der Waals surface area contributed by atoms with E-state index in [1.54, 1.807) is 48.5 Å². The average Bonchev–Trinajstić information content (AvgIpc) is 1.64. The molecule has 0 spiro atoms. The van der Waals surface area contributed by atoms with Crippen molar-refractivity contribution in [3.05, 3.63) is 203 Å². The van der Waals surface area contributed by atoms with E-state index in [9.17, 15) is 15.3 Å². The number of aliphatic hydroxyl groups excluding tert-OH is 4. The molecule has 21 nitrogen and oxygen atoms in total. The quantitative estimate of drug-likeness (QED) is 0.0150. The molecule has 7 aromatic carbocycles. The monoisotopic (exact) mass is 2160 g/mol. The molecule has 0 radical (unpaired) electrons. The summed E-state index contributed by atoms with van der Waals surface area (Å²) in [6, 6.07) is 53.5. The largest absolute Gasteiger partial charge is 1.00 e. The van der Waals surface area contributed by atoms with Crippen LogP contribution in [0, 0.1) is 0 Å². The number of phenols is 1. The topological polar surface area (TPSA) is 225 Å². The summed E-state index contributed by atoms with van der Waals surface area (Å²) in [5.41, 5.74) is 7.58. The van der Waals surface area contributed by atoms with E-state index in [0.717, 1.165) is 152 Å². The predicted octanol–water partition coefficient (Wildman–Crippen LogP) is 17.7. The van der Waals surface area contributed by atoms with Gasteiger partial charge >= 0.3 is 29.6 Å². The maximum Gasteiger partial charge on any atom is 1.00 e. The number of likely N-dealkylation sites (tertiary alicyclic amines) is 4. The van der Waals surface area contributed by atoms with Gasteiger partial charge in [-0.05, 0) is 195 Å². The van der Waals surface area contributed by atoms with Crippen LogP contribution < -0.4 is 62.7 Å². The van der Waals surface area contributed by atoms with E-state index in [1.807, 2.05) is 50.2 Å². The van der Waals surface area contributed by atoms with Gasteiger partial charge in [-0.1, -0.05) is 203 Å². The number of aromatic hydroxyl groups is 1. The van der Waals surface area contributed by atoms with E-state index in [4.69, 9.17) is 119 Å². The van der Waals surface area contributed by atoms with Crippen LogP contribution in [0.15, 0.2) is 164 Å². The Bertz CT molecular complexity index is 4470. The summed E-state index contributed by atoms with van der Waals surface area (Å²) < 4.78 is 155. The second-order valence-electron chi connectivity index (χ2n) is 33.2. The summed E-state index contributed by atoms with van der Waals surface area (Å²) in [5, 5.41) is 47.2. The molecule has 8 fully saturated rings. The Hall–Kier alpha value is -3.96. The fourth-order valence-electron chi connectivity index (χ4n) is 18.0. The third-order valence-corrected chi connectivity index (χ3v) is 25.3. The first-order valence-corrected chi connectivity index (χ1v) is 48.8. The summed E-state index contributed by atoms with van der Waals surface area (Å²) in [7, 11) is -1.55. The van der Waals surface area contributed by atoms with E-state index in [1.165, 1.54) is 168 Å². The second kappa shape index (κ2) is 71.5. The van der Waals surface area contributed by atoms with Gasteiger partial charge in [0, 0.05) is 99.2 Å². The molecule has 8 aliphatic rings. The first-order valence-electron chi connectivity index (χ1n) is 52.6. The van der Waals surface area contributed by atoms with Crippen LogP contribution in [-0.4, -0.2) is 257 Å². The van der Waals surface area contributed by atoms with E-state index in [2.05, 4.69) is 92.4 Å². The zero-order valence-corrected chi connectivity index (χ0v) is 87.9. The number of phenolic OH excluding ortho intramolecular Hbond substituents is 1. The van der Waals surface area contributed by atoms with Gasteiger partial charge < -0.3 is 83.8 Å². The van der Waals surface area contributed by atoms with E-state index < -0.39 is 26.0 Å². The minimum Gasteiger partial charge on any atom is -1.00 e. The Morgan fingerprint density at radius 2 is 0.712 bits per heavy atom. The molecule has 15 rings (SSSR count). The SMILES string of the molecule is CC.COc1cc(CCO)ccc1O.Cl.ClCCl.Cl[C@H]1CCCCC1N1CC[C@@H](OCc2ccccc2)C1.O[C@H]1CCCCC1N1CC[C@@H](OCc2ccccc2)C1.[2H]C([2H])([2H])I.[2H]C([2H])([2H])Oc1ccc(CCO)cc1OC.[2H]C([2H])([2H])Oc1ccc(CCO[C@H]2CCCCC2N2CC[C@@H](O)C2)cc1OC.[2H]C([2H])([2H])Oc1ccc(CCO[C@H]2CCCCC2N2CC[C@@H](OCc3ccccc3)C2)cc1OC.[2H]I.[H-].[Na+]. The average molecular weight is 2170 g/mol. The molecular formula is C104H157Cl4I2N4NaO17. The molecule has 0 amide bonds. The van der Waals surface area contributed by atoms with Crippen molar-refractivity contribution in [2.24, 2.45) is 0 Å². The standard InChI is InChI=1S/C27H37NO4.C20H31NO4.C17H24ClNO.C17H25NO2.C10H14O3.C9H12O3.C2H6.CH2Cl2.CH3I.ClH.HI.Na.H/c1-29-26-13-12-21(18-27(26)30-2)15-17-31-25-11-7-6-10-24(25)28-16-14-23(19-28)32-20-22-8-4-3-5-9-22;1-23-19-8-7-15(13-20(19)24-2)10-12-25-18-6-4-3-5-17(18)21-11-9-16(22)14-21;18-16-8-4-5-9-17(16)19-11-10-15(12-19)20-13-14-6-2-1-3-7-14;19-17-9-5-4-8-16(17)18-11-10-15(12-18)20-13-14-6-2-1-3-7-14;1-12-9-4-3-8(5-6-11)7-10(9)13-2;1-12-9-6-7(4-5-10)2-3-8(9)11;1-2;2-1-3;1-2;;;;/h3-5,8-9,12-13,18,23-25H,6-7,10-11,14-17,19-20H2,1-2H3;7-8,13,16-18,22H,3-6,9-12,14H2,1-2H3;1-3,6-7,15-17H,4-5,8-13H2;1-3,6-7,15-17,19H,4-5,8-13H2;3-4,7,11H,5-6H2,1-2H3;2-3,6,10-11H,4-5H2,1H3;1-2H3;1H2;1H3;2*1H;;/q;;;;;;;;;;;+1;-1/t23-,24?,25+;16-,17?,18+;15-,16+,17?;15-,16?,17+;;;;;;;;;/m1111........./s1/i2*1D3;;;1D3;;;;1D3;;;;/hD. The molecule has 5 N–H and O–H groups in total. The van der Waals surface area contributed by atoms with Crippen LogP contribution in [0.25, 0.3) is 0 Å². The first kappa shape index (κ1) is 99.6. The molecule has 0 aromatic heterocycles. The Morgan fingerprint density at radius 3 is 1.07 bits per heavy atom. The van der Waals surface area contributed by atoms with Crippen LogP contribution in [0.2, 0.25) is 0 Å². The van der Waals surface area contributed by atoms with Crippen LogP contribution in [0.4, 0.5) is 0 Å². The molecule has 4 heterocycles. The van der Waals surface area contributed by atoms with Gasteiger partial charge in [0.05, 0.1) is 143 Å². The predicted molar refractivity (Wildman–Crippen MR) is 554 cm³/mol. The molecule has 4 aliphatic carbocycles. The molecule has 132 heavy (non-hydrogen) atoms. The molecule has 4 unspecified atom stereocenters. The Balaban J connectivity index is 0.000000449. The Labute approximate surface area is 883 Å². The number of halogens is 6. The summed E-state index contributed by atoms with van der Waals surface area (Å²) in [4.78, 5) is 8.19. The summed E-state index contributed by atoms with van der Waals surface area (Å²) in [6.45, 7) is 15.4. The van der Waals surface area contributed by atoms with Crippen molar-refractivity contribution in [3.63, 3.8) is 0 Å². The van der Waals surface area contributed by atoms with Crippen molar-refractivity contribution in [2.45, 2.75) is 260 Å². The number of benzene rings is 7. The smallest absolute Gasteiger partial charge is 1.00 e. The molecule has 7 aromatic rings. The van der Waals surface area contributed by atoms with Crippen LogP contribution in [-0.2, 0) is 69.2 Å². The van der Waals surface area contributed by atoms with Gasteiger partial charge in [-0.3, -0.25) is 19.6 Å². The first-order chi connectivity index (χ1) is 68.6. The van der Waals surface area contributed by atoms with Gasteiger partial charge in [0.2, 0.25) is 0 Å². The summed E-state index contributed by atoms with van der Waals surface area (Å²) in [5.74, 6) is 2.36. The number of aliphatic hydroxyl groups is 4. The molecule has 4 aliphatic heterocycles. The third kappa shape index (κ3) is 42.6. The van der Waals surface area contributed by atoms with Gasteiger partial charge in [0.15, 0.2) is 46.0 Å². The Morgan fingerprint density at radius 1 is 0.394 bits per heavy atom. The number of alkyl halides is 4. The number of rotatable bonds is 32. The number of nitrogens with zero attached hydrogens (tertiary/aromatic N) is 4. The third-order valence-electron chi connectivity index (χ3n) is 24.8. The normalized spacial score (nSPS) is 24.4. The Kier molecular flexibility index (Phi) is 53.9. The number of hydrogen-bond acceptors (Lipinski definition) is 21. The fraction of sp³-hybridized carbons (Fsp3) is 0.596. The maximum absolute atomic E-state index is 10.1. The van der Waals surface area contributed by atoms with Crippen molar-refractivity contribution in [1.82, 2.24) is 19.6 Å². The van der Waals surface area contributed by atoms with Crippen molar-refractivity contribution in [1.29, 1.82) is 0.594 Å². The number of hydrogen-bond donors (Lipinski definition) is 5. The van der Waals surface area contributed by atoms with Crippen LogP contribution >= 0.6 is 93.6 Å². The van der Waals surface area contributed by atoms with Gasteiger partial charge in [0.1, 0.15) is 0.594 Å². The molecule has 4 saturated heterocycles. The fourth-order valence-corrected chi connectivity index (χ4v) is 18.5. The van der Waals surface area contributed by atoms with Crippen LogP contribution in [0.1, 0.15) is 199 Å². The van der Waals surface area contributed by atoms with E-state index in [0.29, 0.717) is 104 Å². The number of β-amino-alcohol motifs (C(OH)–C–C–N with tert-alkyl or cyclic N) is 1. The zero-order chi connectivity index (χ0) is 105. The zero-order valence-electron chi connectivity index (χ0n) is 92.5. The van der Waals surface area contributed by atoms with Crippen LogP contribution in [0.5, 0.6) is 46.0 Å². The van der Waals surface area contributed by atoms with Gasteiger partial charge in [-0.2, -0.15) is 0 Å². The maximum atomic E-state index is 10.1. The molecule has 28 heteroatoms. The van der Waals surface area contributed by atoms with Crippen molar-refractivity contribution in [3.8, 4) is 46.0 Å². The number of ether oxygens (including phenoxy) is 12. The minimum atomic E-state index is -2.50. The van der Waals surface area contributed by atoms with Crippen molar-refractivity contribution >= 4 is 93.6 Å².